The Morgan fingerprint density at radius 3 is 1.35 bits per heavy atom. The van der Waals surface area contributed by atoms with Crippen LogP contribution in [0, 0.1) is 0 Å². The third-order valence-electron chi connectivity index (χ3n) is 4.42. The molecule has 0 aliphatic carbocycles. The van der Waals surface area contributed by atoms with E-state index in [1.165, 1.54) is 10.6 Å². The summed E-state index contributed by atoms with van der Waals surface area (Å²) < 4.78 is 0. The molecule has 20 heavy (non-hydrogen) atoms. The highest BCUT2D eigenvalue weighted by molar-refractivity contribution is 8.05. The highest BCUT2D eigenvalue weighted by atomic mass is 31.4. The molecule has 2 aromatic rings. The van der Waals surface area contributed by atoms with Gasteiger partial charge in [-0.2, -0.15) is 0 Å². The maximum atomic E-state index is 2.55. The molecule has 2 aromatic carbocycles. The third kappa shape index (κ3) is 3.05. The molecular weight excluding hydrogens is 275 g/mol. The Morgan fingerprint density at radius 1 is 0.700 bits per heavy atom. The zero-order chi connectivity index (χ0) is 14.8. The first-order valence-corrected chi connectivity index (χ1v) is 12.4. The van der Waals surface area contributed by atoms with E-state index in [9.17, 15) is 0 Å². The minimum Gasteiger partial charge on any atom is -0.0645 e. The van der Waals surface area contributed by atoms with E-state index < -0.39 is 7.74 Å². The zero-order valence-electron chi connectivity index (χ0n) is 13.2. The van der Waals surface area contributed by atoms with Gasteiger partial charge in [0.05, 0.1) is 7.74 Å². The second kappa shape index (κ2) is 5.83. The van der Waals surface area contributed by atoms with E-state index in [1.807, 2.05) is 0 Å². The summed E-state index contributed by atoms with van der Waals surface area (Å²) in [5.74, 6) is 0. The molecule has 0 N–H and O–H groups in total. The van der Waals surface area contributed by atoms with Crippen LogP contribution in [0.1, 0.15) is 20.8 Å². The molecule has 2 rings (SSSR count). The predicted molar refractivity (Wildman–Crippen MR) is 96.3 cm³/mol. The summed E-state index contributed by atoms with van der Waals surface area (Å²) in [5, 5.41) is 3.45. The van der Waals surface area contributed by atoms with Gasteiger partial charge in [0.15, 0.2) is 0 Å². The number of hydrogen-bond donors (Lipinski definition) is 0. The molecule has 0 aromatic heterocycles. The fourth-order valence-electron chi connectivity index (χ4n) is 2.28. The summed E-state index contributed by atoms with van der Waals surface area (Å²) in [7, 11) is -1.69. The molecule has 0 aliphatic heterocycles. The van der Waals surface area contributed by atoms with Gasteiger partial charge in [0.2, 0.25) is 0 Å². The monoisotopic (exact) mass is 300 g/mol. The molecule has 0 bridgehead atoms. The molecule has 0 atom stereocenters. The lowest BCUT2D eigenvalue weighted by Gasteiger charge is -2.44. The summed E-state index contributed by atoms with van der Waals surface area (Å²) >= 11 is 0. The van der Waals surface area contributed by atoms with E-state index in [1.54, 1.807) is 0 Å². The Balaban J connectivity index is 2.57. The van der Waals surface area contributed by atoms with Crippen LogP contribution in [0.5, 0.6) is 0 Å². The van der Waals surface area contributed by atoms with Crippen LogP contribution in [0.2, 0.25) is 18.1 Å². The van der Waals surface area contributed by atoms with E-state index >= 15 is 0 Å². The Bertz CT molecular complexity index is 501. The molecule has 0 saturated heterocycles. The van der Waals surface area contributed by atoms with Crippen LogP contribution in [0.4, 0.5) is 0 Å². The predicted octanol–water partition coefficient (Wildman–Crippen LogP) is 5.12. The smallest absolute Gasteiger partial charge is 0.0645 e. The van der Waals surface area contributed by atoms with Gasteiger partial charge in [0, 0.05) is 0 Å². The SMILES string of the molecule is CC(C)(C)[Si](C)(C)P(c1ccccc1)c1ccccc1. The average molecular weight is 300 g/mol. The lowest BCUT2D eigenvalue weighted by molar-refractivity contribution is 0.736. The summed E-state index contributed by atoms with van der Waals surface area (Å²) in [6.45, 7) is 12.4. The zero-order valence-corrected chi connectivity index (χ0v) is 15.1. The van der Waals surface area contributed by atoms with Gasteiger partial charge in [-0.25, -0.2) is 0 Å². The maximum Gasteiger partial charge on any atom is 0.0911 e. The standard InChI is InChI=1S/C18H25PSi/c1-18(2,3)20(4,5)19(16-12-8-6-9-13-16)17-14-10-7-11-15-17/h6-15H,1-5H3. The minimum absolute atomic E-state index is 0.243. The Labute approximate surface area is 125 Å². The maximum absolute atomic E-state index is 2.55. The quantitative estimate of drug-likeness (QED) is 0.545. The van der Waals surface area contributed by atoms with Crippen LogP contribution in [0.25, 0.3) is 0 Å². The third-order valence-corrected chi connectivity index (χ3v) is 17.8. The Morgan fingerprint density at radius 2 is 1.05 bits per heavy atom. The molecule has 2 heteroatoms. The van der Waals surface area contributed by atoms with Crippen molar-refractivity contribution in [1.29, 1.82) is 0 Å². The Hall–Kier alpha value is -0.913. The molecule has 0 nitrogen and oxygen atoms in total. The van der Waals surface area contributed by atoms with Crippen molar-refractivity contribution in [3.05, 3.63) is 60.7 Å². The van der Waals surface area contributed by atoms with E-state index in [2.05, 4.69) is 94.5 Å². The van der Waals surface area contributed by atoms with Crippen molar-refractivity contribution in [2.75, 3.05) is 0 Å². The van der Waals surface area contributed by atoms with Crippen LogP contribution in [0.15, 0.2) is 60.7 Å². The number of rotatable bonds is 3. The highest BCUT2D eigenvalue weighted by Gasteiger charge is 2.43. The van der Waals surface area contributed by atoms with Crippen LogP contribution in [-0.4, -0.2) is 7.74 Å². The summed E-state index contributed by atoms with van der Waals surface area (Å²) in [5.41, 5.74) is 0. The van der Waals surface area contributed by atoms with Crippen LogP contribution < -0.4 is 10.6 Å². The molecule has 0 saturated carbocycles. The van der Waals surface area contributed by atoms with Crippen molar-refractivity contribution in [3.63, 3.8) is 0 Å². The molecule has 0 unspecified atom stereocenters. The molecule has 0 radical (unpaired) electrons. The Kier molecular flexibility index (Phi) is 4.51. The van der Waals surface area contributed by atoms with E-state index in [0.29, 0.717) is 5.04 Å². The van der Waals surface area contributed by atoms with Crippen molar-refractivity contribution >= 4 is 25.8 Å². The largest absolute Gasteiger partial charge is 0.0911 e. The van der Waals surface area contributed by atoms with Gasteiger partial charge in [-0.05, 0) is 15.6 Å². The molecule has 0 fully saturated rings. The molecule has 0 aliphatic rings. The van der Waals surface area contributed by atoms with Gasteiger partial charge in [0.1, 0.15) is 0 Å². The molecule has 0 amide bonds. The highest BCUT2D eigenvalue weighted by Crippen LogP contribution is 2.56. The van der Waals surface area contributed by atoms with Crippen molar-refractivity contribution in [2.24, 2.45) is 0 Å². The van der Waals surface area contributed by atoms with E-state index in [0.717, 1.165) is 0 Å². The second-order valence-electron chi connectivity index (χ2n) is 6.82. The van der Waals surface area contributed by atoms with Crippen molar-refractivity contribution in [2.45, 2.75) is 38.9 Å². The lowest BCUT2D eigenvalue weighted by Crippen LogP contribution is -2.41. The molecule has 0 spiro atoms. The van der Waals surface area contributed by atoms with Crippen LogP contribution in [-0.2, 0) is 0 Å². The van der Waals surface area contributed by atoms with Gasteiger partial charge >= 0.3 is 0 Å². The van der Waals surface area contributed by atoms with Crippen LogP contribution in [0.3, 0.4) is 0 Å². The van der Waals surface area contributed by atoms with Gasteiger partial charge in [-0.15, -0.1) is 0 Å². The summed E-state index contributed by atoms with van der Waals surface area (Å²) in [6, 6.07) is 22.2. The molecule has 106 valence electrons. The first-order chi connectivity index (χ1) is 9.34. The molecule has 0 heterocycles. The summed E-state index contributed by atoms with van der Waals surface area (Å²) in [4.78, 5) is 0. The minimum atomic E-state index is -1.45. The lowest BCUT2D eigenvalue weighted by atomic mass is 10.2. The first kappa shape index (κ1) is 15.5. The van der Waals surface area contributed by atoms with Crippen molar-refractivity contribution < 1.29 is 0 Å². The van der Waals surface area contributed by atoms with Crippen molar-refractivity contribution in [3.8, 4) is 0 Å². The van der Waals surface area contributed by atoms with Gasteiger partial charge in [-0.3, -0.25) is 0 Å². The number of benzene rings is 2. The fraction of sp³-hybridized carbons (Fsp3) is 0.333. The first-order valence-electron chi connectivity index (χ1n) is 7.24. The average Bonchev–Trinajstić information content (AvgIpc) is 2.40. The van der Waals surface area contributed by atoms with Gasteiger partial charge in [0.25, 0.3) is 0 Å². The van der Waals surface area contributed by atoms with E-state index in [4.69, 9.17) is 0 Å². The van der Waals surface area contributed by atoms with Gasteiger partial charge < -0.3 is 0 Å². The van der Waals surface area contributed by atoms with Crippen molar-refractivity contribution in [1.82, 2.24) is 0 Å². The van der Waals surface area contributed by atoms with E-state index in [-0.39, 0.29) is 7.47 Å². The van der Waals surface area contributed by atoms with Crippen LogP contribution >= 0.6 is 7.47 Å². The molecular formula is C18H25PSi. The number of hydrogen-bond acceptors (Lipinski definition) is 0. The fourth-order valence-corrected chi connectivity index (χ4v) is 12.3. The summed E-state index contributed by atoms with van der Waals surface area (Å²) in [6.07, 6.45) is 0. The normalized spacial score (nSPS) is 12.7. The van der Waals surface area contributed by atoms with Gasteiger partial charge in [-0.1, -0.05) is 102 Å². The topological polar surface area (TPSA) is 0 Å². The second-order valence-corrected chi connectivity index (χ2v) is 17.8.